The van der Waals surface area contributed by atoms with Crippen LogP contribution in [0.15, 0.2) is 11.1 Å². The van der Waals surface area contributed by atoms with Gasteiger partial charge in [-0.3, -0.25) is 14.3 Å². The van der Waals surface area contributed by atoms with Crippen LogP contribution < -0.4 is 11.3 Å². The fourth-order valence-electron chi connectivity index (χ4n) is 2.99. The van der Waals surface area contributed by atoms with Crippen LogP contribution >= 0.6 is 0 Å². The van der Waals surface area contributed by atoms with E-state index >= 15 is 0 Å². The van der Waals surface area contributed by atoms with E-state index in [4.69, 9.17) is 10.5 Å². The molecule has 0 spiro atoms. The van der Waals surface area contributed by atoms with Crippen molar-refractivity contribution in [3.63, 3.8) is 0 Å². The lowest BCUT2D eigenvalue weighted by Gasteiger charge is -2.34. The van der Waals surface area contributed by atoms with E-state index in [1.807, 2.05) is 13.8 Å². The van der Waals surface area contributed by atoms with Gasteiger partial charge in [0.05, 0.1) is 19.0 Å². The predicted octanol–water partition coefficient (Wildman–Crippen LogP) is -0.847. The van der Waals surface area contributed by atoms with Crippen LogP contribution in [0.3, 0.4) is 0 Å². The summed E-state index contributed by atoms with van der Waals surface area (Å²) in [5, 5.41) is 19.5. The first-order valence-electron chi connectivity index (χ1n) is 7.09. The molecule has 3 rings (SSSR count). The van der Waals surface area contributed by atoms with Crippen molar-refractivity contribution in [1.82, 2.24) is 19.5 Å². The van der Waals surface area contributed by atoms with Gasteiger partial charge >= 0.3 is 0 Å². The number of nitrogens with zero attached hydrogens (tertiary/aromatic N) is 3. The highest BCUT2D eigenvalue weighted by Gasteiger charge is 2.50. The average molecular weight is 309 g/mol. The number of nitrogen functional groups attached to an aromatic ring is 1. The van der Waals surface area contributed by atoms with Gasteiger partial charge in [-0.25, -0.2) is 4.98 Å². The lowest BCUT2D eigenvalue weighted by atomic mass is 9.94. The quantitative estimate of drug-likeness (QED) is 0.579. The Labute approximate surface area is 125 Å². The summed E-state index contributed by atoms with van der Waals surface area (Å²) >= 11 is 0. The number of nitrogens with one attached hydrogen (secondary N) is 1. The number of anilines is 1. The summed E-state index contributed by atoms with van der Waals surface area (Å²) in [7, 11) is 0. The summed E-state index contributed by atoms with van der Waals surface area (Å²) in [5.41, 5.74) is 4.68. The van der Waals surface area contributed by atoms with Gasteiger partial charge in [0.2, 0.25) is 5.95 Å². The van der Waals surface area contributed by atoms with Gasteiger partial charge < -0.3 is 20.7 Å². The van der Waals surface area contributed by atoms with Crippen molar-refractivity contribution in [2.75, 3.05) is 12.3 Å². The van der Waals surface area contributed by atoms with Crippen LogP contribution in [0, 0.1) is 5.92 Å². The zero-order valence-corrected chi connectivity index (χ0v) is 12.4. The number of aliphatic hydroxyl groups excluding tert-OH is 2. The number of nitrogens with two attached hydrogens (primary N) is 1. The Morgan fingerprint density at radius 1 is 1.64 bits per heavy atom. The first kappa shape index (κ1) is 14.9. The lowest BCUT2D eigenvalue weighted by molar-refractivity contribution is -0.141. The minimum atomic E-state index is -0.950. The van der Waals surface area contributed by atoms with E-state index in [1.165, 1.54) is 6.33 Å². The van der Waals surface area contributed by atoms with Crippen molar-refractivity contribution in [1.29, 1.82) is 0 Å². The Balaban J connectivity index is 2.21. The van der Waals surface area contributed by atoms with E-state index in [9.17, 15) is 15.0 Å². The summed E-state index contributed by atoms with van der Waals surface area (Å²) < 4.78 is 7.56. The molecule has 22 heavy (non-hydrogen) atoms. The van der Waals surface area contributed by atoms with E-state index in [1.54, 1.807) is 4.57 Å². The summed E-state index contributed by atoms with van der Waals surface area (Å²) in [6.07, 6.45) is 0.206. The topological polar surface area (TPSA) is 139 Å². The maximum absolute atomic E-state index is 11.9. The molecular weight excluding hydrogens is 290 g/mol. The van der Waals surface area contributed by atoms with Gasteiger partial charge in [0.25, 0.3) is 5.56 Å². The number of hydrogen-bond acceptors (Lipinski definition) is 7. The van der Waals surface area contributed by atoms with Crippen molar-refractivity contribution in [2.45, 2.75) is 38.2 Å². The molecule has 0 unspecified atom stereocenters. The predicted molar refractivity (Wildman–Crippen MR) is 78.0 cm³/mol. The molecule has 1 fully saturated rings. The summed E-state index contributed by atoms with van der Waals surface area (Å²) in [5.74, 6) is -0.0752. The third kappa shape index (κ3) is 2.01. The fraction of sp³-hybridized carbons (Fsp3) is 0.615. The average Bonchev–Trinajstić information content (AvgIpc) is 3.00. The number of rotatable bonds is 3. The largest absolute Gasteiger partial charge is 0.394 e. The number of aromatic amines is 1. The van der Waals surface area contributed by atoms with E-state index in [2.05, 4.69) is 15.0 Å². The van der Waals surface area contributed by atoms with Crippen LogP contribution in [0.2, 0.25) is 0 Å². The van der Waals surface area contributed by atoms with E-state index in [-0.39, 0.29) is 30.4 Å². The SMILES string of the molecule is CC(C)[C@]1(n2cnc3c(=O)[nH]c(N)nc32)C[C@H](O)[C@@H](CO)O1. The van der Waals surface area contributed by atoms with Crippen LogP contribution in [0.25, 0.3) is 11.2 Å². The third-order valence-corrected chi connectivity index (χ3v) is 4.20. The van der Waals surface area contributed by atoms with Gasteiger partial charge in [-0.1, -0.05) is 13.8 Å². The summed E-state index contributed by atoms with van der Waals surface area (Å²) in [6.45, 7) is 3.56. The fourth-order valence-corrected chi connectivity index (χ4v) is 2.99. The number of imidazole rings is 1. The van der Waals surface area contributed by atoms with Crippen molar-refractivity contribution in [2.24, 2.45) is 5.92 Å². The Kier molecular flexibility index (Phi) is 3.42. The molecule has 3 atom stereocenters. The van der Waals surface area contributed by atoms with Crippen molar-refractivity contribution < 1.29 is 14.9 Å². The number of hydrogen-bond donors (Lipinski definition) is 4. The molecule has 0 bridgehead atoms. The zero-order chi connectivity index (χ0) is 16.1. The molecule has 2 aromatic heterocycles. The van der Waals surface area contributed by atoms with E-state index in [0.717, 1.165) is 0 Å². The number of aromatic nitrogens is 4. The second-order valence-electron chi connectivity index (χ2n) is 5.85. The van der Waals surface area contributed by atoms with Gasteiger partial charge in [0.1, 0.15) is 6.10 Å². The molecule has 0 saturated carbocycles. The standard InChI is InChI=1S/C13H19N5O4/c1-6(2)13(3-7(20)8(4-19)22-13)18-5-15-9-10(18)16-12(14)17-11(9)21/h5-8,19-20H,3-4H2,1-2H3,(H3,14,16,17,21)/t7-,8+,13-/m0/s1. The van der Waals surface area contributed by atoms with Gasteiger partial charge in [0.15, 0.2) is 16.9 Å². The molecule has 120 valence electrons. The first-order valence-corrected chi connectivity index (χ1v) is 7.09. The van der Waals surface area contributed by atoms with E-state index in [0.29, 0.717) is 5.65 Å². The van der Waals surface area contributed by atoms with Gasteiger partial charge in [-0.15, -0.1) is 0 Å². The van der Waals surface area contributed by atoms with Crippen LogP contribution in [-0.4, -0.2) is 48.5 Å². The molecule has 0 aromatic carbocycles. The number of H-pyrrole nitrogens is 1. The smallest absolute Gasteiger partial charge is 0.280 e. The highest BCUT2D eigenvalue weighted by molar-refractivity contribution is 5.70. The molecule has 0 aliphatic carbocycles. The van der Waals surface area contributed by atoms with Crippen LogP contribution in [0.5, 0.6) is 0 Å². The molecule has 2 aromatic rings. The van der Waals surface area contributed by atoms with Gasteiger partial charge in [-0.2, -0.15) is 4.98 Å². The second-order valence-corrected chi connectivity index (χ2v) is 5.85. The third-order valence-electron chi connectivity index (χ3n) is 4.20. The maximum Gasteiger partial charge on any atom is 0.280 e. The van der Waals surface area contributed by atoms with E-state index < -0.39 is 23.5 Å². The zero-order valence-electron chi connectivity index (χ0n) is 12.4. The van der Waals surface area contributed by atoms with Crippen LogP contribution in [0.4, 0.5) is 5.95 Å². The Morgan fingerprint density at radius 2 is 2.36 bits per heavy atom. The molecule has 0 radical (unpaired) electrons. The second kappa shape index (κ2) is 5.04. The monoisotopic (exact) mass is 309 g/mol. The molecule has 1 saturated heterocycles. The lowest BCUT2D eigenvalue weighted by Crippen LogP contribution is -2.39. The molecule has 9 nitrogen and oxygen atoms in total. The maximum atomic E-state index is 11.9. The number of fused-ring (bicyclic) bond motifs is 1. The first-order chi connectivity index (χ1) is 10.4. The summed E-state index contributed by atoms with van der Waals surface area (Å²) in [6, 6.07) is 0. The number of ether oxygens (including phenoxy) is 1. The van der Waals surface area contributed by atoms with Crippen molar-refractivity contribution >= 4 is 17.1 Å². The molecule has 5 N–H and O–H groups in total. The van der Waals surface area contributed by atoms with Crippen LogP contribution in [0.1, 0.15) is 20.3 Å². The minimum absolute atomic E-state index is 0.0181. The molecule has 1 aliphatic rings. The highest BCUT2D eigenvalue weighted by atomic mass is 16.6. The Hall–Kier alpha value is -1.97. The normalized spacial score (nSPS) is 28.8. The van der Waals surface area contributed by atoms with Gasteiger partial charge in [-0.05, 0) is 0 Å². The van der Waals surface area contributed by atoms with Crippen LogP contribution in [-0.2, 0) is 10.5 Å². The van der Waals surface area contributed by atoms with Crippen molar-refractivity contribution in [3.8, 4) is 0 Å². The van der Waals surface area contributed by atoms with Gasteiger partial charge in [0, 0.05) is 12.3 Å². The van der Waals surface area contributed by atoms with Crippen molar-refractivity contribution in [3.05, 3.63) is 16.7 Å². The number of aliphatic hydroxyl groups is 2. The molecule has 0 amide bonds. The molecule has 1 aliphatic heterocycles. The molecular formula is C13H19N5O4. The summed E-state index contributed by atoms with van der Waals surface area (Å²) in [4.78, 5) is 22.5. The molecule has 9 heteroatoms. The minimum Gasteiger partial charge on any atom is -0.394 e. The molecule has 3 heterocycles. The Bertz CT molecular complexity index is 754. The Morgan fingerprint density at radius 3 is 2.95 bits per heavy atom. The highest BCUT2D eigenvalue weighted by Crippen LogP contribution is 2.42.